The topological polar surface area (TPSA) is 489 Å². The van der Waals surface area contributed by atoms with Crippen molar-refractivity contribution in [2.45, 2.75) is 147 Å². The molecule has 19 N–H and O–H groups in total. The Morgan fingerprint density at radius 1 is 0.554 bits per heavy atom. The van der Waals surface area contributed by atoms with E-state index >= 15 is 0 Å². The third kappa shape index (κ3) is 22.6. The van der Waals surface area contributed by atoms with E-state index in [1.54, 1.807) is 19.1 Å². The maximum atomic E-state index is 13.9. The molecule has 0 saturated carbocycles. The van der Waals surface area contributed by atoms with Crippen molar-refractivity contribution in [1.29, 1.82) is 0 Å². The molecule has 0 bridgehead atoms. The van der Waals surface area contributed by atoms with E-state index in [0.29, 0.717) is 5.56 Å². The van der Waals surface area contributed by atoms with Gasteiger partial charge in [-0.15, -0.1) is 0 Å². The van der Waals surface area contributed by atoms with Gasteiger partial charge < -0.3 is 85.5 Å². The maximum Gasteiger partial charge on any atom is 0.326 e. The van der Waals surface area contributed by atoms with Crippen LogP contribution in [-0.2, 0) is 68.7 Å². The number of nitrogens with one attached hydrogen (secondary N) is 9. The molecule has 0 aromatic heterocycles. The average molecular weight is 1050 g/mol. The van der Waals surface area contributed by atoms with Crippen LogP contribution in [0.4, 0.5) is 0 Å². The molecule has 412 valence electrons. The van der Waals surface area contributed by atoms with E-state index in [1.807, 2.05) is 0 Å². The molecule has 0 aliphatic carbocycles. The second kappa shape index (κ2) is 30.8. The third-order valence-corrected chi connectivity index (χ3v) is 11.1. The second-order valence-corrected chi connectivity index (χ2v) is 17.8. The summed E-state index contributed by atoms with van der Waals surface area (Å²) in [6, 6.07) is -7.97. The highest BCUT2D eigenvalue weighted by molar-refractivity contribution is 6.00. The van der Waals surface area contributed by atoms with Crippen LogP contribution in [0.5, 0.6) is 5.75 Å². The van der Waals surface area contributed by atoms with Crippen LogP contribution in [-0.4, -0.2) is 164 Å². The second-order valence-electron chi connectivity index (χ2n) is 17.8. The van der Waals surface area contributed by atoms with Gasteiger partial charge in [0.15, 0.2) is 0 Å². The molecule has 0 saturated heterocycles. The fourth-order valence-electron chi connectivity index (χ4n) is 6.59. The zero-order chi connectivity index (χ0) is 56.7. The lowest BCUT2D eigenvalue weighted by Crippen LogP contribution is -2.63. The summed E-state index contributed by atoms with van der Waals surface area (Å²) in [6.45, 7) is 8.92. The zero-order valence-corrected chi connectivity index (χ0v) is 42.0. The molecule has 0 aliphatic rings. The molecule has 74 heavy (non-hydrogen) atoms. The van der Waals surface area contributed by atoms with Gasteiger partial charge in [0.2, 0.25) is 65.0 Å². The predicted molar refractivity (Wildman–Crippen MR) is 258 cm³/mol. The van der Waals surface area contributed by atoms with Crippen LogP contribution in [0.1, 0.15) is 86.1 Å². The number of aliphatic hydroxyl groups is 1. The molecular formula is C45H70N12O17. The molecule has 0 unspecified atom stereocenters. The summed E-state index contributed by atoms with van der Waals surface area (Å²) in [4.78, 5) is 166. The third-order valence-electron chi connectivity index (χ3n) is 11.1. The van der Waals surface area contributed by atoms with E-state index in [0.717, 1.165) is 6.92 Å². The number of hydrogen-bond donors (Lipinski definition) is 16. The van der Waals surface area contributed by atoms with Crippen LogP contribution in [0.15, 0.2) is 24.3 Å². The first-order chi connectivity index (χ1) is 34.4. The first kappa shape index (κ1) is 64.1. The van der Waals surface area contributed by atoms with Gasteiger partial charge in [0.05, 0.1) is 31.5 Å². The van der Waals surface area contributed by atoms with Gasteiger partial charge in [0, 0.05) is 6.42 Å². The number of aliphatic hydroxyl groups excluding tert-OH is 1. The molecule has 0 heterocycles. The van der Waals surface area contributed by atoms with Crippen molar-refractivity contribution < 1.29 is 82.8 Å². The van der Waals surface area contributed by atoms with Gasteiger partial charge in [0.25, 0.3) is 0 Å². The highest BCUT2D eigenvalue weighted by Gasteiger charge is 2.37. The fourth-order valence-corrected chi connectivity index (χ4v) is 6.59. The van der Waals surface area contributed by atoms with Crippen LogP contribution in [0.3, 0.4) is 0 Å². The highest BCUT2D eigenvalue weighted by atomic mass is 16.4. The summed E-state index contributed by atoms with van der Waals surface area (Å²) < 4.78 is 0. The number of carbonyl (C=O) groups is 13. The quantitative estimate of drug-likeness (QED) is 0.0319. The van der Waals surface area contributed by atoms with E-state index in [-0.39, 0.29) is 31.4 Å². The number of carboxylic acid groups (broad SMARTS) is 2. The van der Waals surface area contributed by atoms with Crippen LogP contribution < -0.4 is 65.1 Å². The Hall–Kier alpha value is -7.95. The number of nitrogens with two attached hydrogens (primary N) is 3. The van der Waals surface area contributed by atoms with Gasteiger partial charge in [-0.05, 0) is 63.1 Å². The molecule has 0 spiro atoms. The Bertz CT molecular complexity index is 2210. The molecule has 0 aliphatic heterocycles. The molecular weight excluding hydrogens is 981 g/mol. The Labute approximate surface area is 425 Å². The number of aromatic hydroxyl groups is 1. The lowest BCUT2D eigenvalue weighted by molar-refractivity contribution is -0.143. The minimum Gasteiger partial charge on any atom is -0.508 e. The van der Waals surface area contributed by atoms with Crippen molar-refractivity contribution in [2.24, 2.45) is 29.0 Å². The molecule has 1 aromatic rings. The monoisotopic (exact) mass is 1050 g/mol. The average Bonchev–Trinajstić information content (AvgIpc) is 3.30. The Kier molecular flexibility index (Phi) is 26.7. The number of amides is 11. The number of carbonyl (C=O) groups excluding carboxylic acids is 11. The van der Waals surface area contributed by atoms with Gasteiger partial charge in [0.1, 0.15) is 54.1 Å². The minimum atomic E-state index is -1.93. The lowest BCUT2D eigenvalue weighted by atomic mass is 9.95. The van der Waals surface area contributed by atoms with Crippen LogP contribution in [0.2, 0.25) is 0 Å². The van der Waals surface area contributed by atoms with Crippen molar-refractivity contribution in [2.75, 3.05) is 6.54 Å². The lowest BCUT2D eigenvalue weighted by Gasteiger charge is -2.30. The van der Waals surface area contributed by atoms with E-state index in [2.05, 4.69) is 47.9 Å². The number of phenolic OH excluding ortho intramolecular Hbond substituents is 1. The number of rotatable bonds is 32. The molecule has 1 rings (SSSR count). The highest BCUT2D eigenvalue weighted by Crippen LogP contribution is 2.13. The minimum absolute atomic E-state index is 0.00270. The van der Waals surface area contributed by atoms with E-state index in [4.69, 9.17) is 17.2 Å². The Morgan fingerprint density at radius 3 is 1.55 bits per heavy atom. The summed E-state index contributed by atoms with van der Waals surface area (Å²) in [5.74, 6) is -15.8. The van der Waals surface area contributed by atoms with Gasteiger partial charge in [-0.3, -0.25) is 57.5 Å². The van der Waals surface area contributed by atoms with Crippen molar-refractivity contribution in [1.82, 2.24) is 47.9 Å². The van der Waals surface area contributed by atoms with Gasteiger partial charge in [-0.1, -0.05) is 46.2 Å². The van der Waals surface area contributed by atoms with E-state index in [1.165, 1.54) is 46.8 Å². The summed E-state index contributed by atoms with van der Waals surface area (Å²) in [7, 11) is 0. The fraction of sp³-hybridized carbons (Fsp3) is 0.578. The smallest absolute Gasteiger partial charge is 0.326 e. The Morgan fingerprint density at radius 2 is 1.04 bits per heavy atom. The van der Waals surface area contributed by atoms with E-state index in [9.17, 15) is 82.8 Å². The van der Waals surface area contributed by atoms with Crippen molar-refractivity contribution in [3.05, 3.63) is 29.8 Å². The standard InChI is InChI=1S/C45H70N12O17/c1-8-20(4)35(43(71)55-34(19(2)3)42(70)57-36(23(7)58)44(72)51-22(6)38(66)53-27(45(73)74)13-14-30(47)60)56-41(69)28(16-31(48)61)54-40(68)29(17-33(63)64)52-32(62)18-49-37(65)21(5)50-39(67)26(46)15-24-9-11-25(59)12-10-24/h9-12,19-23,26-29,34-36,58-59H,8,13-18,46H2,1-7H3,(H2,47,60)(H2,48,61)(H,49,65)(H,50,67)(H,51,72)(H,52,62)(H,53,66)(H,54,68)(H,55,71)(H,56,69)(H,57,70)(H,63,64)(H,73,74)/t20-,21-,22-,23+,26-,27-,28-,29-,34-,35-,36-/m0/s1. The number of hydrogen-bond acceptors (Lipinski definition) is 16. The molecule has 1 aromatic carbocycles. The van der Waals surface area contributed by atoms with Crippen molar-refractivity contribution >= 4 is 76.9 Å². The van der Waals surface area contributed by atoms with Crippen LogP contribution in [0, 0.1) is 11.8 Å². The van der Waals surface area contributed by atoms with Crippen molar-refractivity contribution in [3.8, 4) is 5.75 Å². The molecule has 11 amide bonds. The SMILES string of the molecule is CC[C@H](C)[C@H](NC(=O)[C@H](CC(N)=O)NC(=O)[C@H](CC(=O)O)NC(=O)CNC(=O)[C@H](C)NC(=O)[C@@H](N)Cc1ccc(O)cc1)C(=O)N[C@H](C(=O)N[C@H](C(=O)N[C@@H](C)C(=O)N[C@@H](CCC(N)=O)C(=O)O)[C@@H](C)O)C(C)C. The van der Waals surface area contributed by atoms with Crippen LogP contribution >= 0.6 is 0 Å². The Balaban J connectivity index is 3.14. The summed E-state index contributed by atoms with van der Waals surface area (Å²) in [5.41, 5.74) is 17.0. The summed E-state index contributed by atoms with van der Waals surface area (Å²) in [6.07, 6.45) is -4.05. The van der Waals surface area contributed by atoms with Gasteiger partial charge in [-0.2, -0.15) is 0 Å². The molecule has 29 heteroatoms. The zero-order valence-electron chi connectivity index (χ0n) is 42.0. The number of benzene rings is 1. The number of aliphatic carboxylic acids is 2. The molecule has 0 fully saturated rings. The van der Waals surface area contributed by atoms with Crippen LogP contribution in [0.25, 0.3) is 0 Å². The maximum absolute atomic E-state index is 13.9. The predicted octanol–water partition coefficient (Wildman–Crippen LogP) is -5.92. The first-order valence-electron chi connectivity index (χ1n) is 23.3. The number of phenols is 1. The van der Waals surface area contributed by atoms with Gasteiger partial charge in [-0.25, -0.2) is 4.79 Å². The molecule has 11 atom stereocenters. The summed E-state index contributed by atoms with van der Waals surface area (Å²) in [5, 5.41) is 59.3. The van der Waals surface area contributed by atoms with E-state index < -0.39 is 169 Å². The molecule has 29 nitrogen and oxygen atoms in total. The first-order valence-corrected chi connectivity index (χ1v) is 23.3. The van der Waals surface area contributed by atoms with Gasteiger partial charge >= 0.3 is 11.9 Å². The normalized spacial score (nSPS) is 15.4. The summed E-state index contributed by atoms with van der Waals surface area (Å²) >= 11 is 0. The largest absolute Gasteiger partial charge is 0.508 e. The number of carboxylic acids is 2. The van der Waals surface area contributed by atoms with Crippen molar-refractivity contribution in [3.63, 3.8) is 0 Å². The molecule has 0 radical (unpaired) electrons. The number of primary amides is 2.